The Morgan fingerprint density at radius 2 is 1.74 bits per heavy atom. The minimum atomic E-state index is -0.283. The van der Waals surface area contributed by atoms with E-state index in [0.29, 0.717) is 21.5 Å². The van der Waals surface area contributed by atoms with E-state index in [4.69, 9.17) is 27.9 Å². The van der Waals surface area contributed by atoms with Crippen LogP contribution >= 0.6 is 23.2 Å². The number of benzene rings is 2. The minimum Gasteiger partial charge on any atom is -0.484 e. The van der Waals surface area contributed by atoms with Gasteiger partial charge in [0.05, 0.1) is 10.7 Å². The third-order valence-corrected chi connectivity index (χ3v) is 3.84. The predicted molar refractivity (Wildman–Crippen MR) is 95.7 cm³/mol. The average Bonchev–Trinajstić information content (AvgIpc) is 2.47. The molecule has 122 valence electrons. The molecule has 0 unspecified atom stereocenters. The van der Waals surface area contributed by atoms with Crippen LogP contribution in [-0.2, 0) is 10.2 Å². The SMILES string of the molecule is CC(C)(C)c1ccc(OCC(=O)Nc2ccc(Cl)cc2Cl)cc1. The van der Waals surface area contributed by atoms with Gasteiger partial charge in [-0.1, -0.05) is 56.1 Å². The van der Waals surface area contributed by atoms with Crippen molar-refractivity contribution in [3.05, 3.63) is 58.1 Å². The van der Waals surface area contributed by atoms with Crippen molar-refractivity contribution in [1.82, 2.24) is 0 Å². The Hall–Kier alpha value is -1.71. The number of halogens is 2. The van der Waals surface area contributed by atoms with Crippen molar-refractivity contribution in [3.63, 3.8) is 0 Å². The van der Waals surface area contributed by atoms with Crippen molar-refractivity contribution in [2.24, 2.45) is 0 Å². The summed E-state index contributed by atoms with van der Waals surface area (Å²) in [7, 11) is 0. The first-order chi connectivity index (χ1) is 10.8. The molecule has 2 aromatic rings. The Bertz CT molecular complexity index is 691. The fourth-order valence-electron chi connectivity index (χ4n) is 1.98. The van der Waals surface area contributed by atoms with Crippen LogP contribution in [0.5, 0.6) is 5.75 Å². The molecule has 2 aromatic carbocycles. The Morgan fingerprint density at radius 3 is 2.30 bits per heavy atom. The first-order valence-electron chi connectivity index (χ1n) is 7.24. The second kappa shape index (κ2) is 7.24. The van der Waals surface area contributed by atoms with Crippen molar-refractivity contribution in [3.8, 4) is 5.75 Å². The summed E-state index contributed by atoms with van der Waals surface area (Å²) in [6.07, 6.45) is 0. The molecule has 23 heavy (non-hydrogen) atoms. The molecule has 0 saturated carbocycles. The van der Waals surface area contributed by atoms with E-state index in [1.165, 1.54) is 5.56 Å². The van der Waals surface area contributed by atoms with Crippen molar-refractivity contribution < 1.29 is 9.53 Å². The summed E-state index contributed by atoms with van der Waals surface area (Å²) in [6.45, 7) is 6.35. The second-order valence-electron chi connectivity index (χ2n) is 6.24. The van der Waals surface area contributed by atoms with Crippen LogP contribution in [-0.4, -0.2) is 12.5 Å². The topological polar surface area (TPSA) is 38.3 Å². The number of anilines is 1. The number of nitrogens with one attached hydrogen (secondary N) is 1. The number of rotatable bonds is 4. The van der Waals surface area contributed by atoms with Crippen LogP contribution in [0.1, 0.15) is 26.3 Å². The van der Waals surface area contributed by atoms with E-state index in [9.17, 15) is 4.79 Å². The van der Waals surface area contributed by atoms with E-state index >= 15 is 0 Å². The number of carbonyl (C=O) groups excluding carboxylic acids is 1. The van der Waals surface area contributed by atoms with Crippen molar-refractivity contribution >= 4 is 34.8 Å². The maximum absolute atomic E-state index is 11.9. The highest BCUT2D eigenvalue weighted by atomic mass is 35.5. The van der Waals surface area contributed by atoms with Crippen LogP contribution in [0.4, 0.5) is 5.69 Å². The van der Waals surface area contributed by atoms with Gasteiger partial charge in [-0.3, -0.25) is 4.79 Å². The Labute approximate surface area is 146 Å². The van der Waals surface area contributed by atoms with E-state index in [-0.39, 0.29) is 17.9 Å². The van der Waals surface area contributed by atoms with Crippen LogP contribution in [0.3, 0.4) is 0 Å². The molecule has 0 saturated heterocycles. The highest BCUT2D eigenvalue weighted by molar-refractivity contribution is 6.36. The molecule has 0 atom stereocenters. The van der Waals surface area contributed by atoms with Gasteiger partial charge in [0.2, 0.25) is 0 Å². The van der Waals surface area contributed by atoms with Crippen LogP contribution in [0.15, 0.2) is 42.5 Å². The van der Waals surface area contributed by atoms with E-state index in [1.807, 2.05) is 24.3 Å². The van der Waals surface area contributed by atoms with Crippen LogP contribution in [0, 0.1) is 0 Å². The molecule has 1 N–H and O–H groups in total. The smallest absolute Gasteiger partial charge is 0.262 e. The third kappa shape index (κ3) is 5.15. The lowest BCUT2D eigenvalue weighted by atomic mass is 9.87. The standard InChI is InChI=1S/C18H19Cl2NO2/c1-18(2,3)12-4-7-14(8-5-12)23-11-17(22)21-16-9-6-13(19)10-15(16)20/h4-10H,11H2,1-3H3,(H,21,22). The van der Waals surface area contributed by atoms with Crippen LogP contribution in [0.2, 0.25) is 10.0 Å². The molecular formula is C18H19Cl2NO2. The summed E-state index contributed by atoms with van der Waals surface area (Å²) in [5.74, 6) is 0.365. The Balaban J connectivity index is 1.91. The first-order valence-corrected chi connectivity index (χ1v) is 7.99. The van der Waals surface area contributed by atoms with Crippen LogP contribution in [0.25, 0.3) is 0 Å². The molecule has 0 radical (unpaired) electrons. The number of hydrogen-bond acceptors (Lipinski definition) is 2. The van der Waals surface area contributed by atoms with Gasteiger partial charge in [0.1, 0.15) is 5.75 Å². The summed E-state index contributed by atoms with van der Waals surface area (Å²) in [4.78, 5) is 11.9. The zero-order chi connectivity index (χ0) is 17.0. The monoisotopic (exact) mass is 351 g/mol. The highest BCUT2D eigenvalue weighted by Crippen LogP contribution is 2.26. The lowest BCUT2D eigenvalue weighted by Gasteiger charge is -2.19. The lowest BCUT2D eigenvalue weighted by Crippen LogP contribution is -2.20. The zero-order valence-corrected chi connectivity index (χ0v) is 14.8. The molecule has 2 rings (SSSR count). The molecule has 5 heteroatoms. The molecule has 0 fully saturated rings. The van der Waals surface area contributed by atoms with Gasteiger partial charge in [0.15, 0.2) is 6.61 Å². The average molecular weight is 352 g/mol. The minimum absolute atomic E-state index is 0.0846. The molecule has 0 aliphatic rings. The number of hydrogen-bond donors (Lipinski definition) is 1. The highest BCUT2D eigenvalue weighted by Gasteiger charge is 2.13. The molecule has 0 aromatic heterocycles. The van der Waals surface area contributed by atoms with Gasteiger partial charge in [-0.05, 0) is 41.3 Å². The quantitative estimate of drug-likeness (QED) is 0.810. The fourth-order valence-corrected chi connectivity index (χ4v) is 2.43. The van der Waals surface area contributed by atoms with Gasteiger partial charge < -0.3 is 10.1 Å². The number of carbonyl (C=O) groups is 1. The maximum atomic E-state index is 11.9. The normalized spacial score (nSPS) is 11.2. The summed E-state index contributed by atoms with van der Waals surface area (Å²) in [5.41, 5.74) is 1.80. The lowest BCUT2D eigenvalue weighted by molar-refractivity contribution is -0.118. The fraction of sp³-hybridized carbons (Fsp3) is 0.278. The number of amides is 1. The van der Waals surface area contributed by atoms with Gasteiger partial charge in [0.25, 0.3) is 5.91 Å². The number of ether oxygens (including phenoxy) is 1. The summed E-state index contributed by atoms with van der Waals surface area (Å²) >= 11 is 11.8. The summed E-state index contributed by atoms with van der Waals surface area (Å²) < 4.78 is 5.49. The second-order valence-corrected chi connectivity index (χ2v) is 7.08. The molecule has 0 aliphatic carbocycles. The molecule has 1 amide bonds. The predicted octanol–water partition coefficient (Wildman–Crippen LogP) is 5.31. The van der Waals surface area contributed by atoms with Gasteiger partial charge in [-0.15, -0.1) is 0 Å². The molecule has 0 bridgehead atoms. The largest absolute Gasteiger partial charge is 0.484 e. The van der Waals surface area contributed by atoms with Gasteiger partial charge in [-0.2, -0.15) is 0 Å². The van der Waals surface area contributed by atoms with Crippen molar-refractivity contribution in [2.75, 3.05) is 11.9 Å². The Morgan fingerprint density at radius 1 is 1.09 bits per heavy atom. The molecule has 0 spiro atoms. The van der Waals surface area contributed by atoms with Gasteiger partial charge >= 0.3 is 0 Å². The molecule has 0 heterocycles. The van der Waals surface area contributed by atoms with Gasteiger partial charge in [-0.25, -0.2) is 0 Å². The molecule has 0 aliphatic heterocycles. The first kappa shape index (κ1) is 17.6. The van der Waals surface area contributed by atoms with Crippen molar-refractivity contribution in [1.29, 1.82) is 0 Å². The zero-order valence-electron chi connectivity index (χ0n) is 13.3. The van der Waals surface area contributed by atoms with E-state index in [2.05, 4.69) is 26.1 Å². The summed E-state index contributed by atoms with van der Waals surface area (Å²) in [6, 6.07) is 12.6. The van der Waals surface area contributed by atoms with Gasteiger partial charge in [0, 0.05) is 5.02 Å². The van der Waals surface area contributed by atoms with Crippen LogP contribution < -0.4 is 10.1 Å². The third-order valence-electron chi connectivity index (χ3n) is 3.30. The summed E-state index contributed by atoms with van der Waals surface area (Å²) in [5, 5.41) is 3.59. The van der Waals surface area contributed by atoms with E-state index in [0.717, 1.165) is 0 Å². The molecular weight excluding hydrogens is 333 g/mol. The molecule has 3 nitrogen and oxygen atoms in total. The van der Waals surface area contributed by atoms with E-state index < -0.39 is 0 Å². The van der Waals surface area contributed by atoms with E-state index in [1.54, 1.807) is 18.2 Å². The Kier molecular flexibility index (Phi) is 5.55. The van der Waals surface area contributed by atoms with Crippen molar-refractivity contribution in [2.45, 2.75) is 26.2 Å². The maximum Gasteiger partial charge on any atom is 0.262 e.